The van der Waals surface area contributed by atoms with Gasteiger partial charge in [0, 0.05) is 5.39 Å². The van der Waals surface area contributed by atoms with Crippen molar-refractivity contribution in [2.45, 2.75) is 13.8 Å². The van der Waals surface area contributed by atoms with E-state index in [1.54, 1.807) is 17.4 Å². The number of carbonyl (C=O) groups is 1. The molecule has 0 spiro atoms. The highest BCUT2D eigenvalue weighted by molar-refractivity contribution is 7.15. The number of pyridine rings is 1. The van der Waals surface area contributed by atoms with E-state index >= 15 is 0 Å². The quantitative estimate of drug-likeness (QED) is 0.449. The fraction of sp³-hybridized carbons (Fsp3) is 0.136. The predicted molar refractivity (Wildman–Crippen MR) is 109 cm³/mol. The Kier molecular flexibility index (Phi) is 4.46. The largest absolute Gasteiger partial charge is 0.465 e. The van der Waals surface area contributed by atoms with Crippen molar-refractivity contribution in [3.8, 4) is 21.7 Å². The van der Waals surface area contributed by atoms with Gasteiger partial charge in [0.1, 0.15) is 0 Å². The molecule has 0 unspecified atom stereocenters. The van der Waals surface area contributed by atoms with Gasteiger partial charge in [-0.25, -0.2) is 14.8 Å². The molecule has 0 aliphatic heterocycles. The SMILES string of the molecule is COC(=O)c1ccccc1-c1ccc2nc(-c3sc(C)nc3C)ccc2c1. The molecule has 2 aromatic carbocycles. The number of hydrogen-bond acceptors (Lipinski definition) is 5. The summed E-state index contributed by atoms with van der Waals surface area (Å²) < 4.78 is 4.91. The molecule has 0 bridgehead atoms. The third-order valence-electron chi connectivity index (χ3n) is 4.47. The van der Waals surface area contributed by atoms with Crippen molar-refractivity contribution >= 4 is 28.2 Å². The van der Waals surface area contributed by atoms with Gasteiger partial charge in [0.2, 0.25) is 0 Å². The zero-order chi connectivity index (χ0) is 19.0. The minimum absolute atomic E-state index is 0.338. The lowest BCUT2D eigenvalue weighted by molar-refractivity contribution is 0.0601. The maximum Gasteiger partial charge on any atom is 0.338 e. The molecular formula is C22H18N2O2S. The molecular weight excluding hydrogens is 356 g/mol. The van der Waals surface area contributed by atoms with Gasteiger partial charge in [-0.3, -0.25) is 0 Å². The monoisotopic (exact) mass is 374 g/mol. The summed E-state index contributed by atoms with van der Waals surface area (Å²) in [6, 6.07) is 17.6. The van der Waals surface area contributed by atoms with Crippen molar-refractivity contribution in [3.63, 3.8) is 0 Å². The van der Waals surface area contributed by atoms with Gasteiger partial charge in [-0.05, 0) is 49.2 Å². The fourth-order valence-electron chi connectivity index (χ4n) is 3.21. The van der Waals surface area contributed by atoms with Crippen LogP contribution < -0.4 is 0 Å². The molecule has 5 heteroatoms. The van der Waals surface area contributed by atoms with E-state index in [4.69, 9.17) is 9.72 Å². The van der Waals surface area contributed by atoms with Crippen LogP contribution in [0.4, 0.5) is 0 Å². The average molecular weight is 374 g/mol. The van der Waals surface area contributed by atoms with Crippen molar-refractivity contribution in [2.75, 3.05) is 7.11 Å². The van der Waals surface area contributed by atoms with Gasteiger partial charge in [-0.15, -0.1) is 11.3 Å². The lowest BCUT2D eigenvalue weighted by Gasteiger charge is -2.09. The average Bonchev–Trinajstić information content (AvgIpc) is 3.04. The van der Waals surface area contributed by atoms with Crippen LogP contribution in [0.15, 0.2) is 54.6 Å². The van der Waals surface area contributed by atoms with Gasteiger partial charge in [-0.1, -0.05) is 30.3 Å². The first-order valence-corrected chi connectivity index (χ1v) is 9.41. The molecule has 0 saturated carbocycles. The maximum atomic E-state index is 12.1. The maximum absolute atomic E-state index is 12.1. The van der Waals surface area contributed by atoms with Crippen LogP contribution in [0.5, 0.6) is 0 Å². The van der Waals surface area contributed by atoms with Crippen molar-refractivity contribution in [1.82, 2.24) is 9.97 Å². The van der Waals surface area contributed by atoms with Crippen molar-refractivity contribution < 1.29 is 9.53 Å². The summed E-state index contributed by atoms with van der Waals surface area (Å²) in [6.45, 7) is 4.02. The van der Waals surface area contributed by atoms with E-state index in [1.165, 1.54) is 7.11 Å². The minimum Gasteiger partial charge on any atom is -0.465 e. The molecule has 2 heterocycles. The molecule has 0 amide bonds. The normalized spacial score (nSPS) is 10.9. The third-order valence-corrected chi connectivity index (χ3v) is 5.56. The summed E-state index contributed by atoms with van der Waals surface area (Å²) >= 11 is 1.66. The molecule has 27 heavy (non-hydrogen) atoms. The van der Waals surface area contributed by atoms with Gasteiger partial charge in [0.25, 0.3) is 0 Å². The van der Waals surface area contributed by atoms with Crippen LogP contribution in [0.1, 0.15) is 21.1 Å². The van der Waals surface area contributed by atoms with E-state index in [1.807, 2.05) is 50.2 Å². The van der Waals surface area contributed by atoms with E-state index in [0.29, 0.717) is 5.56 Å². The fourth-order valence-corrected chi connectivity index (χ4v) is 4.10. The Labute approximate surface area is 161 Å². The third kappa shape index (κ3) is 3.22. The van der Waals surface area contributed by atoms with Gasteiger partial charge in [-0.2, -0.15) is 0 Å². The molecule has 0 N–H and O–H groups in total. The number of methoxy groups -OCH3 is 1. The van der Waals surface area contributed by atoms with Crippen LogP contribution in [0, 0.1) is 13.8 Å². The van der Waals surface area contributed by atoms with E-state index in [9.17, 15) is 4.79 Å². The number of benzene rings is 2. The standard InChI is InChI=1S/C22H18N2O2S/c1-13-21(27-14(2)23-13)20-11-9-16-12-15(8-10-19(16)24-20)17-6-4-5-7-18(17)22(25)26-3/h4-12H,1-3H3. The number of thiazole rings is 1. The Morgan fingerprint density at radius 1 is 1.00 bits per heavy atom. The van der Waals surface area contributed by atoms with Crippen LogP contribution in [0.25, 0.3) is 32.6 Å². The van der Waals surface area contributed by atoms with Crippen molar-refractivity contribution in [2.24, 2.45) is 0 Å². The lowest BCUT2D eigenvalue weighted by atomic mass is 9.98. The highest BCUT2D eigenvalue weighted by Crippen LogP contribution is 2.31. The number of carbonyl (C=O) groups excluding carboxylic acids is 1. The number of esters is 1. The Balaban J connectivity index is 1.80. The summed E-state index contributed by atoms with van der Waals surface area (Å²) in [5.74, 6) is -0.338. The van der Waals surface area contributed by atoms with Crippen molar-refractivity contribution in [1.29, 1.82) is 0 Å². The Morgan fingerprint density at radius 3 is 2.56 bits per heavy atom. The number of aryl methyl sites for hydroxylation is 2. The summed E-state index contributed by atoms with van der Waals surface area (Å²) in [6.07, 6.45) is 0. The molecule has 0 aliphatic carbocycles. The van der Waals surface area contributed by atoms with Crippen LogP contribution in [0.3, 0.4) is 0 Å². The number of hydrogen-bond donors (Lipinski definition) is 0. The van der Waals surface area contributed by atoms with Crippen LogP contribution in [0.2, 0.25) is 0 Å². The van der Waals surface area contributed by atoms with Gasteiger partial charge >= 0.3 is 5.97 Å². The highest BCUT2D eigenvalue weighted by atomic mass is 32.1. The number of ether oxygens (including phenoxy) is 1. The Hall–Kier alpha value is -3.05. The molecule has 0 fully saturated rings. The number of fused-ring (bicyclic) bond motifs is 1. The molecule has 0 saturated heterocycles. The molecule has 134 valence electrons. The minimum atomic E-state index is -0.338. The first-order chi connectivity index (χ1) is 13.1. The zero-order valence-corrected chi connectivity index (χ0v) is 16.1. The lowest BCUT2D eigenvalue weighted by Crippen LogP contribution is -2.03. The summed E-state index contributed by atoms with van der Waals surface area (Å²) in [7, 11) is 1.40. The molecule has 0 aliphatic rings. The zero-order valence-electron chi connectivity index (χ0n) is 15.3. The topological polar surface area (TPSA) is 52.1 Å². The van der Waals surface area contributed by atoms with Gasteiger partial charge < -0.3 is 4.74 Å². The second-order valence-corrected chi connectivity index (χ2v) is 7.49. The van der Waals surface area contributed by atoms with E-state index < -0.39 is 0 Å². The van der Waals surface area contributed by atoms with Crippen LogP contribution in [-0.2, 0) is 4.74 Å². The Bertz CT molecular complexity index is 1160. The number of aromatic nitrogens is 2. The molecule has 4 nitrogen and oxygen atoms in total. The molecule has 4 aromatic rings. The summed E-state index contributed by atoms with van der Waals surface area (Å²) in [5.41, 5.74) is 5.23. The van der Waals surface area contributed by atoms with E-state index in [2.05, 4.69) is 17.1 Å². The van der Waals surface area contributed by atoms with Crippen LogP contribution in [-0.4, -0.2) is 23.0 Å². The Morgan fingerprint density at radius 2 is 1.81 bits per heavy atom. The smallest absolute Gasteiger partial charge is 0.338 e. The first-order valence-electron chi connectivity index (χ1n) is 8.60. The highest BCUT2D eigenvalue weighted by Gasteiger charge is 2.14. The number of rotatable bonds is 3. The van der Waals surface area contributed by atoms with Gasteiger partial charge in [0.05, 0.1) is 39.5 Å². The first kappa shape index (κ1) is 17.4. The second kappa shape index (κ2) is 6.93. The predicted octanol–water partition coefficient (Wildman–Crippen LogP) is 5.43. The summed E-state index contributed by atoms with van der Waals surface area (Å²) in [4.78, 5) is 22.5. The van der Waals surface area contributed by atoms with Gasteiger partial charge in [0.15, 0.2) is 0 Å². The van der Waals surface area contributed by atoms with E-state index in [-0.39, 0.29) is 5.97 Å². The molecule has 2 aromatic heterocycles. The van der Waals surface area contributed by atoms with Crippen LogP contribution >= 0.6 is 11.3 Å². The molecule has 4 rings (SSSR count). The molecule has 0 atom stereocenters. The second-order valence-electron chi connectivity index (χ2n) is 6.29. The van der Waals surface area contributed by atoms with Crippen molar-refractivity contribution in [3.05, 3.63) is 70.9 Å². The number of nitrogens with zero attached hydrogens (tertiary/aromatic N) is 2. The van der Waals surface area contributed by atoms with E-state index in [0.717, 1.165) is 43.3 Å². The summed E-state index contributed by atoms with van der Waals surface area (Å²) in [5, 5.41) is 2.06. The molecule has 0 radical (unpaired) electrons.